The first-order chi connectivity index (χ1) is 5.29. The second kappa shape index (κ2) is 3.85. The van der Waals surface area contributed by atoms with Crippen LogP contribution in [0.15, 0.2) is 4.60 Å². The topological polar surface area (TPSA) is 30.7 Å². The fraction of sp³-hybridized carbons (Fsp3) is 0.714. The van der Waals surface area contributed by atoms with Gasteiger partial charge in [-0.25, -0.2) is 4.68 Å². The summed E-state index contributed by atoms with van der Waals surface area (Å²) in [5.41, 5.74) is 1.04. The van der Waals surface area contributed by atoms with Crippen molar-refractivity contribution in [1.29, 1.82) is 0 Å². The van der Waals surface area contributed by atoms with E-state index in [1.807, 2.05) is 4.68 Å². The molecule has 0 unspecified atom stereocenters. The predicted octanol–water partition coefficient (Wildman–Crippen LogP) is 2.01. The lowest BCUT2D eigenvalue weighted by molar-refractivity contribution is 0.569. The second-order valence-electron chi connectivity index (χ2n) is 2.40. The minimum atomic E-state index is 0.935. The minimum Gasteiger partial charge on any atom is -0.238 e. The van der Waals surface area contributed by atoms with E-state index in [1.54, 1.807) is 0 Å². The summed E-state index contributed by atoms with van der Waals surface area (Å²) in [7, 11) is 0. The van der Waals surface area contributed by atoms with Crippen molar-refractivity contribution in [2.45, 2.75) is 33.2 Å². The van der Waals surface area contributed by atoms with Crippen LogP contribution in [0.25, 0.3) is 0 Å². The molecule has 1 aromatic heterocycles. The molecular formula is C7H12BrN3. The van der Waals surface area contributed by atoms with Gasteiger partial charge in [0, 0.05) is 6.54 Å². The third-order valence-corrected chi connectivity index (χ3v) is 2.38. The average molecular weight is 218 g/mol. The first-order valence-corrected chi connectivity index (χ1v) is 4.66. The zero-order valence-electron chi connectivity index (χ0n) is 6.84. The third-order valence-electron chi connectivity index (χ3n) is 1.51. The van der Waals surface area contributed by atoms with Crippen molar-refractivity contribution in [3.05, 3.63) is 10.3 Å². The molecule has 0 atom stereocenters. The van der Waals surface area contributed by atoms with Gasteiger partial charge in [0.1, 0.15) is 4.60 Å². The summed E-state index contributed by atoms with van der Waals surface area (Å²) < 4.78 is 2.92. The van der Waals surface area contributed by atoms with E-state index in [9.17, 15) is 0 Å². The van der Waals surface area contributed by atoms with Crippen LogP contribution in [0.2, 0.25) is 0 Å². The maximum absolute atomic E-state index is 4.02. The Morgan fingerprint density at radius 1 is 1.45 bits per heavy atom. The molecule has 1 heterocycles. The molecule has 11 heavy (non-hydrogen) atoms. The number of nitrogens with zero attached hydrogens (tertiary/aromatic N) is 3. The highest BCUT2D eigenvalue weighted by Gasteiger charge is 2.05. The normalized spacial score (nSPS) is 10.5. The van der Waals surface area contributed by atoms with E-state index in [0.717, 1.165) is 29.7 Å². The summed E-state index contributed by atoms with van der Waals surface area (Å²) >= 11 is 3.45. The highest BCUT2D eigenvalue weighted by atomic mass is 79.9. The summed E-state index contributed by atoms with van der Waals surface area (Å²) in [6, 6.07) is 0. The molecule has 1 rings (SSSR count). The zero-order chi connectivity index (χ0) is 8.27. The van der Waals surface area contributed by atoms with Gasteiger partial charge in [-0.05, 0) is 28.8 Å². The number of aryl methyl sites for hydroxylation is 2. The fourth-order valence-corrected chi connectivity index (χ4v) is 1.52. The van der Waals surface area contributed by atoms with Crippen molar-refractivity contribution >= 4 is 15.9 Å². The van der Waals surface area contributed by atoms with Crippen molar-refractivity contribution in [2.24, 2.45) is 0 Å². The maximum atomic E-state index is 4.02. The molecule has 0 radical (unpaired) electrons. The van der Waals surface area contributed by atoms with E-state index < -0.39 is 0 Å². The van der Waals surface area contributed by atoms with E-state index in [0.29, 0.717) is 0 Å². The van der Waals surface area contributed by atoms with Gasteiger partial charge in [-0.3, -0.25) is 0 Å². The monoisotopic (exact) mass is 217 g/mol. The maximum Gasteiger partial charge on any atom is 0.127 e. The van der Waals surface area contributed by atoms with E-state index in [-0.39, 0.29) is 0 Å². The van der Waals surface area contributed by atoms with Crippen molar-refractivity contribution < 1.29 is 0 Å². The molecule has 0 aliphatic heterocycles. The van der Waals surface area contributed by atoms with Gasteiger partial charge in [0.25, 0.3) is 0 Å². The number of aromatic nitrogens is 3. The Bertz CT molecular complexity index is 232. The Kier molecular flexibility index (Phi) is 3.05. The number of rotatable bonds is 3. The molecular weight excluding hydrogens is 206 g/mol. The molecule has 0 spiro atoms. The van der Waals surface area contributed by atoms with Crippen LogP contribution in [0.4, 0.5) is 0 Å². The Hall–Kier alpha value is -0.380. The minimum absolute atomic E-state index is 0.935. The predicted molar refractivity (Wildman–Crippen MR) is 47.4 cm³/mol. The molecule has 0 fully saturated rings. The average Bonchev–Trinajstić information content (AvgIpc) is 2.34. The van der Waals surface area contributed by atoms with Gasteiger partial charge in [-0.1, -0.05) is 19.1 Å². The summed E-state index contributed by atoms with van der Waals surface area (Å²) in [6.45, 7) is 5.14. The molecule has 0 bridgehead atoms. The summed E-state index contributed by atoms with van der Waals surface area (Å²) in [4.78, 5) is 0. The lowest BCUT2D eigenvalue weighted by Crippen LogP contribution is -1.99. The molecule has 0 aliphatic rings. The fourth-order valence-electron chi connectivity index (χ4n) is 0.909. The molecule has 0 amide bonds. The SMILES string of the molecule is CCCn1nnc(CC)c1Br. The number of hydrogen-bond acceptors (Lipinski definition) is 2. The molecule has 0 aromatic carbocycles. The van der Waals surface area contributed by atoms with Crippen LogP contribution in [0.5, 0.6) is 0 Å². The molecule has 1 aromatic rings. The lowest BCUT2D eigenvalue weighted by atomic mass is 10.4. The van der Waals surface area contributed by atoms with Crippen LogP contribution in [0.3, 0.4) is 0 Å². The quantitative estimate of drug-likeness (QED) is 0.776. The Morgan fingerprint density at radius 2 is 2.18 bits per heavy atom. The van der Waals surface area contributed by atoms with Crippen molar-refractivity contribution in [2.75, 3.05) is 0 Å². The van der Waals surface area contributed by atoms with Gasteiger partial charge in [0.05, 0.1) is 5.69 Å². The van der Waals surface area contributed by atoms with E-state index >= 15 is 0 Å². The third kappa shape index (κ3) is 1.80. The van der Waals surface area contributed by atoms with Crippen LogP contribution in [0.1, 0.15) is 26.0 Å². The van der Waals surface area contributed by atoms with Crippen molar-refractivity contribution in [1.82, 2.24) is 15.0 Å². The van der Waals surface area contributed by atoms with Crippen LogP contribution in [0, 0.1) is 0 Å². The first-order valence-electron chi connectivity index (χ1n) is 3.87. The molecule has 3 nitrogen and oxygen atoms in total. The summed E-state index contributed by atoms with van der Waals surface area (Å²) in [5.74, 6) is 0. The molecule has 0 N–H and O–H groups in total. The Balaban J connectivity index is 2.82. The Labute approximate surface area is 74.9 Å². The first kappa shape index (κ1) is 8.71. The largest absolute Gasteiger partial charge is 0.238 e. The van der Waals surface area contributed by atoms with Gasteiger partial charge in [0.15, 0.2) is 0 Å². The molecule has 0 saturated carbocycles. The van der Waals surface area contributed by atoms with Crippen LogP contribution >= 0.6 is 15.9 Å². The van der Waals surface area contributed by atoms with Gasteiger partial charge in [-0.15, -0.1) is 5.10 Å². The smallest absolute Gasteiger partial charge is 0.127 e. The van der Waals surface area contributed by atoms with Crippen LogP contribution < -0.4 is 0 Å². The highest BCUT2D eigenvalue weighted by Crippen LogP contribution is 2.13. The summed E-state index contributed by atoms with van der Waals surface area (Å²) in [6.07, 6.45) is 2.02. The van der Waals surface area contributed by atoms with Crippen LogP contribution in [-0.4, -0.2) is 15.0 Å². The number of hydrogen-bond donors (Lipinski definition) is 0. The zero-order valence-corrected chi connectivity index (χ0v) is 8.43. The van der Waals surface area contributed by atoms with Gasteiger partial charge in [-0.2, -0.15) is 0 Å². The van der Waals surface area contributed by atoms with Gasteiger partial charge in [0.2, 0.25) is 0 Å². The molecule has 4 heteroatoms. The Morgan fingerprint density at radius 3 is 2.64 bits per heavy atom. The second-order valence-corrected chi connectivity index (χ2v) is 3.15. The summed E-state index contributed by atoms with van der Waals surface area (Å²) in [5, 5.41) is 8.02. The molecule has 0 saturated heterocycles. The number of halogens is 1. The van der Waals surface area contributed by atoms with Gasteiger partial charge >= 0.3 is 0 Å². The lowest BCUT2D eigenvalue weighted by Gasteiger charge is -1.97. The van der Waals surface area contributed by atoms with E-state index in [2.05, 4.69) is 40.1 Å². The van der Waals surface area contributed by atoms with E-state index in [1.165, 1.54) is 0 Å². The van der Waals surface area contributed by atoms with Crippen molar-refractivity contribution in [3.63, 3.8) is 0 Å². The standard InChI is InChI=1S/C7H12BrN3/c1-3-5-11-7(8)6(4-2)9-10-11/h3-5H2,1-2H3. The van der Waals surface area contributed by atoms with Gasteiger partial charge < -0.3 is 0 Å². The van der Waals surface area contributed by atoms with Crippen molar-refractivity contribution in [3.8, 4) is 0 Å². The highest BCUT2D eigenvalue weighted by molar-refractivity contribution is 9.10. The van der Waals surface area contributed by atoms with E-state index in [4.69, 9.17) is 0 Å². The molecule has 0 aliphatic carbocycles. The van der Waals surface area contributed by atoms with Crippen LogP contribution in [-0.2, 0) is 13.0 Å². The molecule has 62 valence electrons.